The van der Waals surface area contributed by atoms with Crippen molar-refractivity contribution in [1.29, 1.82) is 0 Å². The largest absolute Gasteiger partial charge is 0.340 e. The minimum absolute atomic E-state index is 0.0490. The summed E-state index contributed by atoms with van der Waals surface area (Å²) < 4.78 is 33.7. The molecule has 0 saturated heterocycles. The van der Waals surface area contributed by atoms with E-state index in [9.17, 15) is 13.2 Å². The van der Waals surface area contributed by atoms with Gasteiger partial charge in [0.05, 0.1) is 4.90 Å². The lowest BCUT2D eigenvalue weighted by atomic mass is 10.0. The lowest BCUT2D eigenvalue weighted by Crippen LogP contribution is -2.33. The Labute approximate surface area is 193 Å². The van der Waals surface area contributed by atoms with Crippen LogP contribution in [0.5, 0.6) is 0 Å². The molecule has 2 aromatic heterocycles. The van der Waals surface area contributed by atoms with Crippen LogP contribution in [-0.2, 0) is 10.0 Å². The van der Waals surface area contributed by atoms with Gasteiger partial charge in [-0.05, 0) is 49.1 Å². The number of pyridine rings is 1. The van der Waals surface area contributed by atoms with Gasteiger partial charge in [-0.15, -0.1) is 0 Å². The molecule has 10 heteroatoms. The number of hydrogen-bond donors (Lipinski definition) is 2. The third-order valence-corrected chi connectivity index (χ3v) is 7.18. The zero-order valence-corrected chi connectivity index (χ0v) is 19.4. The third kappa shape index (κ3) is 5.45. The van der Waals surface area contributed by atoms with Gasteiger partial charge in [-0.2, -0.15) is 4.98 Å². The number of amides is 1. The summed E-state index contributed by atoms with van der Waals surface area (Å²) in [4.78, 5) is 21.6. The molecule has 33 heavy (non-hydrogen) atoms. The van der Waals surface area contributed by atoms with Gasteiger partial charge >= 0.3 is 0 Å². The van der Waals surface area contributed by atoms with Crippen LogP contribution in [0.15, 0.2) is 58.2 Å². The van der Waals surface area contributed by atoms with E-state index in [0.717, 1.165) is 25.7 Å². The Kier molecular flexibility index (Phi) is 6.85. The minimum atomic E-state index is -3.70. The van der Waals surface area contributed by atoms with E-state index >= 15 is 0 Å². The maximum absolute atomic E-state index is 13.0. The maximum Gasteiger partial charge on any atom is 0.251 e. The molecule has 1 fully saturated rings. The van der Waals surface area contributed by atoms with Crippen LogP contribution in [0.2, 0.25) is 0 Å². The average Bonchev–Trinajstić information content (AvgIpc) is 3.50. The average molecular weight is 470 g/mol. The Morgan fingerprint density at radius 1 is 1.15 bits per heavy atom. The van der Waals surface area contributed by atoms with Crippen LogP contribution in [0.4, 0.5) is 0 Å². The lowest BCUT2D eigenvalue weighted by Gasteiger charge is -2.19. The van der Waals surface area contributed by atoms with Crippen LogP contribution in [0.1, 0.15) is 61.8 Å². The quantitative estimate of drug-likeness (QED) is 0.517. The van der Waals surface area contributed by atoms with Crippen LogP contribution in [0, 0.1) is 5.92 Å². The van der Waals surface area contributed by atoms with E-state index in [2.05, 4.69) is 25.2 Å². The molecule has 1 aliphatic rings. The summed E-state index contributed by atoms with van der Waals surface area (Å²) in [6, 6.07) is 9.01. The Morgan fingerprint density at radius 2 is 1.94 bits per heavy atom. The number of nitrogens with one attached hydrogen (secondary N) is 2. The van der Waals surface area contributed by atoms with Crippen molar-refractivity contribution in [3.05, 3.63) is 60.2 Å². The van der Waals surface area contributed by atoms with Gasteiger partial charge in [-0.1, -0.05) is 37.9 Å². The van der Waals surface area contributed by atoms with Crippen LogP contribution in [0.25, 0.3) is 11.4 Å². The fourth-order valence-electron chi connectivity index (χ4n) is 3.85. The molecule has 2 N–H and O–H groups in total. The van der Waals surface area contributed by atoms with Crippen molar-refractivity contribution < 1.29 is 17.7 Å². The number of carbonyl (C=O) groups excluding carboxylic acids is 1. The van der Waals surface area contributed by atoms with Crippen molar-refractivity contribution in [1.82, 2.24) is 25.2 Å². The van der Waals surface area contributed by atoms with Crippen LogP contribution in [-0.4, -0.2) is 35.5 Å². The van der Waals surface area contributed by atoms with E-state index in [-0.39, 0.29) is 28.3 Å². The number of sulfonamides is 1. The first-order chi connectivity index (χ1) is 15.8. The number of nitrogens with zero attached hydrogens (tertiary/aromatic N) is 3. The monoisotopic (exact) mass is 469 g/mol. The predicted molar refractivity (Wildman–Crippen MR) is 122 cm³/mol. The van der Waals surface area contributed by atoms with Crippen LogP contribution >= 0.6 is 0 Å². The smallest absolute Gasteiger partial charge is 0.251 e. The van der Waals surface area contributed by atoms with Crippen molar-refractivity contribution >= 4 is 15.9 Å². The molecule has 4 rings (SSSR count). The molecule has 2 heterocycles. The number of benzene rings is 1. The topological polar surface area (TPSA) is 127 Å². The molecule has 1 aromatic carbocycles. The highest BCUT2D eigenvalue weighted by Gasteiger charge is 2.27. The van der Waals surface area contributed by atoms with Gasteiger partial charge in [0.2, 0.25) is 21.7 Å². The molecule has 174 valence electrons. The van der Waals surface area contributed by atoms with E-state index in [0.29, 0.717) is 11.4 Å². The second-order valence-electron chi connectivity index (χ2n) is 8.52. The normalized spacial score (nSPS) is 15.6. The summed E-state index contributed by atoms with van der Waals surface area (Å²) in [5, 5.41) is 6.90. The summed E-state index contributed by atoms with van der Waals surface area (Å²) in [6.07, 6.45) is 6.98. The first-order valence-corrected chi connectivity index (χ1v) is 12.5. The Balaban J connectivity index is 1.51. The zero-order valence-electron chi connectivity index (χ0n) is 18.6. The molecule has 1 unspecified atom stereocenters. The van der Waals surface area contributed by atoms with Gasteiger partial charge in [0, 0.05) is 29.6 Å². The molecular formula is C23H27N5O4S. The second kappa shape index (κ2) is 9.80. The summed E-state index contributed by atoms with van der Waals surface area (Å²) in [5.74, 6) is 0.174. The molecule has 1 aliphatic carbocycles. The van der Waals surface area contributed by atoms with E-state index in [1.54, 1.807) is 30.6 Å². The highest BCUT2D eigenvalue weighted by molar-refractivity contribution is 7.89. The molecule has 0 aliphatic heterocycles. The highest BCUT2D eigenvalue weighted by Crippen LogP contribution is 2.24. The second-order valence-corrected chi connectivity index (χ2v) is 10.2. The summed E-state index contributed by atoms with van der Waals surface area (Å²) in [5.41, 5.74) is 0.941. The highest BCUT2D eigenvalue weighted by atomic mass is 32.2. The number of hydrogen-bond acceptors (Lipinski definition) is 7. The molecule has 0 bridgehead atoms. The molecule has 1 saturated carbocycles. The van der Waals surface area contributed by atoms with E-state index in [1.807, 2.05) is 19.9 Å². The van der Waals surface area contributed by atoms with Crippen molar-refractivity contribution in [2.75, 3.05) is 0 Å². The molecule has 9 nitrogen and oxygen atoms in total. The van der Waals surface area contributed by atoms with Gasteiger partial charge in [-0.25, -0.2) is 13.1 Å². The molecule has 0 spiro atoms. The first kappa shape index (κ1) is 23.1. The SMILES string of the molecule is CC(C)C(NC(=O)c1cccc(S(=O)(=O)NC2CCCC2)c1)c1nc(-c2cccnc2)no1. The van der Waals surface area contributed by atoms with Crippen molar-refractivity contribution in [3.8, 4) is 11.4 Å². The van der Waals surface area contributed by atoms with Crippen molar-refractivity contribution in [3.63, 3.8) is 0 Å². The molecule has 3 aromatic rings. The van der Waals surface area contributed by atoms with Gasteiger partial charge in [0.25, 0.3) is 5.91 Å². The lowest BCUT2D eigenvalue weighted by molar-refractivity contribution is 0.0913. The fourth-order valence-corrected chi connectivity index (χ4v) is 5.20. The summed E-state index contributed by atoms with van der Waals surface area (Å²) in [6.45, 7) is 3.84. The first-order valence-electron chi connectivity index (χ1n) is 11.0. The van der Waals surface area contributed by atoms with E-state index < -0.39 is 22.0 Å². The predicted octanol–water partition coefficient (Wildman–Crippen LogP) is 3.48. The Bertz CT molecular complexity index is 1200. The molecule has 1 amide bonds. The number of aromatic nitrogens is 3. The van der Waals surface area contributed by atoms with Gasteiger partial charge in [0.15, 0.2) is 0 Å². The maximum atomic E-state index is 13.0. The minimum Gasteiger partial charge on any atom is -0.340 e. The van der Waals surface area contributed by atoms with Gasteiger partial charge in [0.1, 0.15) is 6.04 Å². The summed E-state index contributed by atoms with van der Waals surface area (Å²) in [7, 11) is -3.70. The van der Waals surface area contributed by atoms with Gasteiger partial charge in [-0.3, -0.25) is 9.78 Å². The van der Waals surface area contributed by atoms with Gasteiger partial charge < -0.3 is 9.84 Å². The van der Waals surface area contributed by atoms with E-state index in [1.165, 1.54) is 12.1 Å². The van der Waals surface area contributed by atoms with Crippen molar-refractivity contribution in [2.45, 2.75) is 56.5 Å². The molecular weight excluding hydrogens is 442 g/mol. The van der Waals surface area contributed by atoms with Crippen LogP contribution < -0.4 is 10.0 Å². The van der Waals surface area contributed by atoms with Crippen LogP contribution in [0.3, 0.4) is 0 Å². The molecule has 1 atom stereocenters. The van der Waals surface area contributed by atoms with E-state index in [4.69, 9.17) is 4.52 Å². The fraction of sp³-hybridized carbons (Fsp3) is 0.391. The summed E-state index contributed by atoms with van der Waals surface area (Å²) >= 11 is 0. The standard InChI is InChI=1S/C23H27N5O4S/c1-15(2)20(23-26-21(27-32-23)17-8-6-12-24-14-17)25-22(29)16-7-5-11-19(13-16)33(30,31)28-18-9-3-4-10-18/h5-8,11-15,18,20,28H,3-4,9-10H2,1-2H3,(H,25,29). The Hall–Kier alpha value is -3.11. The van der Waals surface area contributed by atoms with Crippen molar-refractivity contribution in [2.24, 2.45) is 5.92 Å². The third-order valence-electron chi connectivity index (χ3n) is 5.66. The zero-order chi connectivity index (χ0) is 23.4. The Morgan fingerprint density at radius 3 is 2.64 bits per heavy atom. The number of rotatable bonds is 8. The molecule has 0 radical (unpaired) electrons. The number of carbonyl (C=O) groups is 1.